The van der Waals surface area contributed by atoms with Crippen molar-refractivity contribution < 1.29 is 82.0 Å². The standard InChI is InChI=1S/C30H14F12O6/c31-27(32,33)19-11-15(3-5-17(19)25(43)44)47-23-7-1-13(9-21(23)29(37,38)39)14-2-8-24(22(10-14)30(40,41)42)48-16-4-6-18(26(45)46)20(12-16)28(34,35)36/h1-12H,(H,43,44)(H,45,46). The molecule has 0 aliphatic rings. The van der Waals surface area contributed by atoms with E-state index in [0.717, 1.165) is 12.1 Å². The van der Waals surface area contributed by atoms with E-state index in [9.17, 15) is 62.3 Å². The van der Waals surface area contributed by atoms with Gasteiger partial charge in [-0.15, -0.1) is 0 Å². The molecule has 0 amide bonds. The minimum Gasteiger partial charge on any atom is -0.478 e. The average Bonchev–Trinajstić information content (AvgIpc) is 2.95. The topological polar surface area (TPSA) is 93.1 Å². The molecule has 0 bridgehead atoms. The Kier molecular flexibility index (Phi) is 9.09. The van der Waals surface area contributed by atoms with Crippen LogP contribution in [-0.4, -0.2) is 22.2 Å². The number of alkyl halides is 12. The maximum absolute atomic E-state index is 14.0. The number of hydrogen-bond donors (Lipinski definition) is 2. The van der Waals surface area contributed by atoms with Crippen LogP contribution in [0.2, 0.25) is 0 Å². The van der Waals surface area contributed by atoms with Crippen molar-refractivity contribution in [3.05, 3.63) is 106 Å². The lowest BCUT2D eigenvalue weighted by molar-refractivity contribution is -0.139. The summed E-state index contributed by atoms with van der Waals surface area (Å²) >= 11 is 0. The summed E-state index contributed by atoms with van der Waals surface area (Å²) in [4.78, 5) is 22.3. The quantitative estimate of drug-likeness (QED) is 0.187. The van der Waals surface area contributed by atoms with Gasteiger partial charge < -0.3 is 19.7 Å². The van der Waals surface area contributed by atoms with Crippen molar-refractivity contribution in [3.8, 4) is 34.1 Å². The average molecular weight is 698 g/mol. The monoisotopic (exact) mass is 698 g/mol. The normalized spacial score (nSPS) is 12.5. The van der Waals surface area contributed by atoms with Gasteiger partial charge in [0, 0.05) is 0 Å². The summed E-state index contributed by atoms with van der Waals surface area (Å²) in [5.41, 5.74) is -10.2. The lowest BCUT2D eigenvalue weighted by atomic mass is 9.99. The molecule has 48 heavy (non-hydrogen) atoms. The van der Waals surface area contributed by atoms with Gasteiger partial charge in [0.05, 0.1) is 33.4 Å². The highest BCUT2D eigenvalue weighted by Crippen LogP contribution is 2.45. The molecule has 2 N–H and O–H groups in total. The molecule has 0 aliphatic heterocycles. The van der Waals surface area contributed by atoms with Gasteiger partial charge in [0.2, 0.25) is 0 Å². The molecule has 0 fully saturated rings. The minimum absolute atomic E-state index is 0.152. The number of benzene rings is 4. The molecule has 4 aromatic rings. The number of carboxylic acid groups (broad SMARTS) is 2. The summed E-state index contributed by atoms with van der Waals surface area (Å²) in [6, 6.07) is 6.02. The van der Waals surface area contributed by atoms with Crippen molar-refractivity contribution in [3.63, 3.8) is 0 Å². The van der Waals surface area contributed by atoms with Crippen molar-refractivity contribution in [1.82, 2.24) is 0 Å². The third kappa shape index (κ3) is 7.75. The predicted molar refractivity (Wildman–Crippen MR) is 139 cm³/mol. The zero-order valence-corrected chi connectivity index (χ0v) is 23.0. The van der Waals surface area contributed by atoms with E-state index in [-0.39, 0.29) is 12.1 Å². The van der Waals surface area contributed by atoms with Crippen molar-refractivity contribution in [2.24, 2.45) is 0 Å². The summed E-state index contributed by atoms with van der Waals surface area (Å²) in [5.74, 6) is -7.85. The molecule has 0 radical (unpaired) electrons. The molecule has 6 nitrogen and oxygen atoms in total. The molecular weight excluding hydrogens is 684 g/mol. The van der Waals surface area contributed by atoms with Crippen LogP contribution in [0.1, 0.15) is 43.0 Å². The van der Waals surface area contributed by atoms with Crippen LogP contribution in [0.5, 0.6) is 23.0 Å². The maximum Gasteiger partial charge on any atom is 0.420 e. The number of ether oxygens (including phenoxy) is 2. The molecule has 254 valence electrons. The van der Waals surface area contributed by atoms with Gasteiger partial charge in [-0.3, -0.25) is 0 Å². The number of aromatic carboxylic acids is 2. The highest BCUT2D eigenvalue weighted by molar-refractivity contribution is 5.90. The highest BCUT2D eigenvalue weighted by atomic mass is 19.4. The molecule has 0 aromatic heterocycles. The Morgan fingerprint density at radius 3 is 1.02 bits per heavy atom. The second kappa shape index (κ2) is 12.3. The molecule has 0 aliphatic carbocycles. The first-order valence-electron chi connectivity index (χ1n) is 12.6. The molecule has 4 aromatic carbocycles. The summed E-state index contributed by atoms with van der Waals surface area (Å²) in [6.45, 7) is 0. The molecule has 4 rings (SSSR count). The summed E-state index contributed by atoms with van der Waals surface area (Å²) < 4.78 is 174. The fourth-order valence-electron chi connectivity index (χ4n) is 4.31. The van der Waals surface area contributed by atoms with Crippen LogP contribution in [-0.2, 0) is 24.7 Å². The van der Waals surface area contributed by atoms with Gasteiger partial charge >= 0.3 is 36.6 Å². The molecular formula is C30H14F12O6. The van der Waals surface area contributed by atoms with Crippen molar-refractivity contribution in [1.29, 1.82) is 0 Å². The summed E-state index contributed by atoms with van der Waals surface area (Å²) in [7, 11) is 0. The van der Waals surface area contributed by atoms with E-state index in [1.807, 2.05) is 0 Å². The lowest BCUT2D eigenvalue weighted by Gasteiger charge is -2.18. The van der Waals surface area contributed by atoms with Gasteiger partial charge in [-0.05, 0) is 71.8 Å². The van der Waals surface area contributed by atoms with Gasteiger partial charge in [-0.2, -0.15) is 52.7 Å². The van der Waals surface area contributed by atoms with Crippen LogP contribution >= 0.6 is 0 Å². The molecule has 18 heteroatoms. The predicted octanol–water partition coefficient (Wildman–Crippen LogP) is 10.4. The van der Waals surface area contributed by atoms with E-state index in [4.69, 9.17) is 19.7 Å². The number of rotatable bonds is 7. The maximum atomic E-state index is 14.0. The van der Waals surface area contributed by atoms with Crippen LogP contribution in [0.3, 0.4) is 0 Å². The molecule has 0 saturated heterocycles. The van der Waals surface area contributed by atoms with Crippen molar-refractivity contribution >= 4 is 11.9 Å². The van der Waals surface area contributed by atoms with E-state index >= 15 is 0 Å². The molecule has 0 atom stereocenters. The van der Waals surface area contributed by atoms with Gasteiger partial charge in [0.1, 0.15) is 23.0 Å². The van der Waals surface area contributed by atoms with Crippen LogP contribution in [0, 0.1) is 0 Å². The molecule has 0 unspecified atom stereocenters. The van der Waals surface area contributed by atoms with E-state index in [1.165, 1.54) is 0 Å². The van der Waals surface area contributed by atoms with Gasteiger partial charge in [0.25, 0.3) is 0 Å². The van der Waals surface area contributed by atoms with Crippen molar-refractivity contribution in [2.45, 2.75) is 24.7 Å². The zero-order chi connectivity index (χ0) is 36.0. The Bertz CT molecular complexity index is 1750. The molecule has 0 heterocycles. The largest absolute Gasteiger partial charge is 0.478 e. The highest BCUT2D eigenvalue weighted by Gasteiger charge is 2.39. The van der Waals surface area contributed by atoms with Crippen LogP contribution < -0.4 is 9.47 Å². The first-order chi connectivity index (χ1) is 22.0. The van der Waals surface area contributed by atoms with E-state index in [2.05, 4.69) is 0 Å². The number of carbonyl (C=O) groups is 2. The second-order valence-electron chi connectivity index (χ2n) is 9.64. The van der Waals surface area contributed by atoms with Crippen LogP contribution in [0.15, 0.2) is 72.8 Å². The Morgan fingerprint density at radius 2 is 0.750 bits per heavy atom. The summed E-state index contributed by atoms with van der Waals surface area (Å²) in [5, 5.41) is 18.0. The smallest absolute Gasteiger partial charge is 0.420 e. The Labute approximate surface area is 259 Å². The van der Waals surface area contributed by atoms with Crippen LogP contribution in [0.4, 0.5) is 52.7 Å². The first kappa shape index (κ1) is 35.4. The molecule has 0 spiro atoms. The van der Waals surface area contributed by atoms with Gasteiger partial charge in [-0.25, -0.2) is 9.59 Å². The number of hydrogen-bond acceptors (Lipinski definition) is 4. The Morgan fingerprint density at radius 1 is 0.438 bits per heavy atom. The zero-order valence-electron chi connectivity index (χ0n) is 23.0. The number of halogens is 12. The van der Waals surface area contributed by atoms with E-state index in [1.54, 1.807) is 0 Å². The van der Waals surface area contributed by atoms with Gasteiger partial charge in [-0.1, -0.05) is 12.1 Å². The van der Waals surface area contributed by atoms with E-state index < -0.39 is 104 Å². The Balaban J connectivity index is 1.76. The third-order valence-corrected chi connectivity index (χ3v) is 6.41. The fourth-order valence-corrected chi connectivity index (χ4v) is 4.31. The van der Waals surface area contributed by atoms with Crippen LogP contribution in [0.25, 0.3) is 11.1 Å². The van der Waals surface area contributed by atoms with E-state index in [0.29, 0.717) is 48.5 Å². The second-order valence-corrected chi connectivity index (χ2v) is 9.64. The Hall–Kier alpha value is -5.42. The minimum atomic E-state index is -5.28. The molecule has 0 saturated carbocycles. The SMILES string of the molecule is O=C(O)c1ccc(Oc2ccc(-c3ccc(Oc4ccc(C(=O)O)c(C(F)(F)F)c4)c(C(F)(F)F)c3)cc2C(F)(F)F)cc1C(F)(F)F. The number of carboxylic acids is 2. The van der Waals surface area contributed by atoms with Crippen molar-refractivity contribution in [2.75, 3.05) is 0 Å². The summed E-state index contributed by atoms with van der Waals surface area (Å²) in [6.07, 6.45) is -21.0. The third-order valence-electron chi connectivity index (χ3n) is 6.41. The van der Waals surface area contributed by atoms with Gasteiger partial charge in [0.15, 0.2) is 0 Å². The first-order valence-corrected chi connectivity index (χ1v) is 12.6. The lowest BCUT2D eigenvalue weighted by Crippen LogP contribution is -2.13. The fraction of sp³-hybridized carbons (Fsp3) is 0.133.